The lowest BCUT2D eigenvalue weighted by Crippen LogP contribution is -2.35. The van der Waals surface area contributed by atoms with Crippen molar-refractivity contribution in [1.29, 1.82) is 0 Å². The van der Waals surface area contributed by atoms with Crippen molar-refractivity contribution < 1.29 is 4.74 Å². The van der Waals surface area contributed by atoms with Crippen molar-refractivity contribution in [3.63, 3.8) is 0 Å². The van der Waals surface area contributed by atoms with E-state index in [0.717, 1.165) is 30.4 Å². The van der Waals surface area contributed by atoms with E-state index in [-0.39, 0.29) is 12.1 Å². The summed E-state index contributed by atoms with van der Waals surface area (Å²) in [6.07, 6.45) is 1.85. The van der Waals surface area contributed by atoms with Crippen LogP contribution in [0.15, 0.2) is 30.5 Å². The Morgan fingerprint density at radius 1 is 1.25 bits per heavy atom. The van der Waals surface area contributed by atoms with Gasteiger partial charge in [-0.25, -0.2) is 0 Å². The van der Waals surface area contributed by atoms with Crippen molar-refractivity contribution in [3.05, 3.63) is 53.1 Å². The van der Waals surface area contributed by atoms with Gasteiger partial charge in [-0.1, -0.05) is 6.07 Å². The topological polar surface area (TPSA) is 45.6 Å². The molecule has 0 bridgehead atoms. The van der Waals surface area contributed by atoms with Crippen molar-refractivity contribution in [2.75, 3.05) is 40.9 Å². The third kappa shape index (κ3) is 4.21. The number of aromatic nitrogens is 2. The average Bonchev–Trinajstić information content (AvgIpc) is 3.15. The molecular formula is C21H31N5OS. The SMILES string of the molecule is COCCn1c(C)cc([C@H]2[C@H](c3ccccn3)NC(=S)N2CCN(C)C)c1C. The summed E-state index contributed by atoms with van der Waals surface area (Å²) >= 11 is 5.74. The molecule has 152 valence electrons. The molecule has 2 aromatic rings. The van der Waals surface area contributed by atoms with E-state index in [1.165, 1.54) is 17.0 Å². The zero-order chi connectivity index (χ0) is 20.3. The second kappa shape index (κ2) is 9.03. The molecule has 0 radical (unpaired) electrons. The summed E-state index contributed by atoms with van der Waals surface area (Å²) < 4.78 is 7.64. The first-order chi connectivity index (χ1) is 13.4. The highest BCUT2D eigenvalue weighted by molar-refractivity contribution is 7.80. The lowest BCUT2D eigenvalue weighted by molar-refractivity contribution is 0.186. The van der Waals surface area contributed by atoms with Crippen LogP contribution in [0, 0.1) is 13.8 Å². The Kier molecular flexibility index (Phi) is 6.69. The molecule has 0 spiro atoms. The van der Waals surface area contributed by atoms with Crippen molar-refractivity contribution in [2.45, 2.75) is 32.5 Å². The lowest BCUT2D eigenvalue weighted by atomic mass is 9.97. The van der Waals surface area contributed by atoms with Gasteiger partial charge in [-0.2, -0.15) is 0 Å². The molecule has 0 unspecified atom stereocenters. The summed E-state index contributed by atoms with van der Waals surface area (Å²) in [6, 6.07) is 8.51. The zero-order valence-corrected chi connectivity index (χ0v) is 18.3. The van der Waals surface area contributed by atoms with E-state index in [1.54, 1.807) is 7.11 Å². The number of hydrogen-bond acceptors (Lipinski definition) is 4. The van der Waals surface area contributed by atoms with Crippen LogP contribution in [0.25, 0.3) is 0 Å². The average molecular weight is 402 g/mol. The quantitative estimate of drug-likeness (QED) is 0.686. The maximum Gasteiger partial charge on any atom is 0.170 e. The van der Waals surface area contributed by atoms with E-state index < -0.39 is 0 Å². The van der Waals surface area contributed by atoms with Gasteiger partial charge in [0.15, 0.2) is 5.11 Å². The van der Waals surface area contributed by atoms with Gasteiger partial charge in [0.05, 0.1) is 24.4 Å². The zero-order valence-electron chi connectivity index (χ0n) is 17.5. The van der Waals surface area contributed by atoms with E-state index >= 15 is 0 Å². The van der Waals surface area contributed by atoms with Crippen LogP contribution >= 0.6 is 12.2 Å². The first-order valence-corrected chi connectivity index (χ1v) is 10.1. The van der Waals surface area contributed by atoms with Crippen molar-refractivity contribution in [2.24, 2.45) is 0 Å². The van der Waals surface area contributed by atoms with Crippen LogP contribution in [0.1, 0.15) is 34.7 Å². The molecule has 7 heteroatoms. The van der Waals surface area contributed by atoms with Gasteiger partial charge in [0, 0.05) is 44.3 Å². The Balaban J connectivity index is 2.01. The molecule has 0 aromatic carbocycles. The number of methoxy groups -OCH3 is 1. The molecule has 1 aliphatic heterocycles. The van der Waals surface area contributed by atoms with Crippen LogP contribution in [0.3, 0.4) is 0 Å². The van der Waals surface area contributed by atoms with Gasteiger partial charge in [-0.15, -0.1) is 0 Å². The maximum atomic E-state index is 5.74. The molecule has 3 rings (SSSR count). The van der Waals surface area contributed by atoms with Crippen molar-refractivity contribution >= 4 is 17.3 Å². The van der Waals surface area contributed by atoms with Gasteiger partial charge in [-0.05, 0) is 63.9 Å². The third-order valence-corrected chi connectivity index (χ3v) is 5.79. The Morgan fingerprint density at radius 3 is 2.68 bits per heavy atom. The standard InChI is InChI=1S/C21H31N5OS/c1-15-14-17(16(2)25(15)12-13-27-5)20-19(18-8-6-7-9-22-18)23-21(28)26(20)11-10-24(3)4/h6-9,14,19-20H,10-13H2,1-5H3,(H,23,28)/t19-,20-/m0/s1. The van der Waals surface area contributed by atoms with Crippen LogP contribution in [0.5, 0.6) is 0 Å². The number of likely N-dealkylation sites (N-methyl/N-ethyl adjacent to an activating group) is 1. The summed E-state index contributed by atoms with van der Waals surface area (Å²) in [5, 5.41) is 4.33. The van der Waals surface area contributed by atoms with Gasteiger partial charge in [0.2, 0.25) is 0 Å². The Bertz CT molecular complexity index is 805. The largest absolute Gasteiger partial charge is 0.383 e. The van der Waals surface area contributed by atoms with Crippen LogP contribution in [0.4, 0.5) is 0 Å². The van der Waals surface area contributed by atoms with E-state index in [4.69, 9.17) is 17.0 Å². The number of nitrogens with zero attached hydrogens (tertiary/aromatic N) is 4. The number of pyridine rings is 1. The Labute approximate surface area is 173 Å². The van der Waals surface area contributed by atoms with E-state index in [1.807, 2.05) is 18.3 Å². The lowest BCUT2D eigenvalue weighted by Gasteiger charge is -2.29. The number of aryl methyl sites for hydroxylation is 1. The predicted molar refractivity (Wildman–Crippen MR) is 116 cm³/mol. The summed E-state index contributed by atoms with van der Waals surface area (Å²) in [6.45, 7) is 7.71. The van der Waals surface area contributed by atoms with Crippen molar-refractivity contribution in [1.82, 2.24) is 24.7 Å². The fraction of sp³-hybridized carbons (Fsp3) is 0.524. The summed E-state index contributed by atoms with van der Waals surface area (Å²) in [5.74, 6) is 0. The highest BCUT2D eigenvalue weighted by Crippen LogP contribution is 2.40. The minimum atomic E-state index is 0.0345. The van der Waals surface area contributed by atoms with E-state index in [9.17, 15) is 0 Å². The second-order valence-electron chi connectivity index (χ2n) is 7.59. The molecule has 1 fully saturated rings. The monoisotopic (exact) mass is 401 g/mol. The fourth-order valence-electron chi connectivity index (χ4n) is 3.95. The molecule has 6 nitrogen and oxygen atoms in total. The Hall–Kier alpha value is -1.96. The van der Waals surface area contributed by atoms with E-state index in [2.05, 4.69) is 64.7 Å². The molecule has 1 aliphatic rings. The third-order valence-electron chi connectivity index (χ3n) is 5.44. The summed E-state index contributed by atoms with van der Waals surface area (Å²) in [4.78, 5) is 9.13. The number of rotatable bonds is 8. The van der Waals surface area contributed by atoms with Gasteiger partial charge >= 0.3 is 0 Å². The highest BCUT2D eigenvalue weighted by Gasteiger charge is 2.41. The van der Waals surface area contributed by atoms with Crippen molar-refractivity contribution in [3.8, 4) is 0 Å². The predicted octanol–water partition coefficient (Wildman–Crippen LogP) is 2.68. The van der Waals surface area contributed by atoms with Gasteiger partial charge in [-0.3, -0.25) is 4.98 Å². The molecule has 0 amide bonds. The number of ether oxygens (including phenoxy) is 1. The summed E-state index contributed by atoms with van der Waals surface area (Å²) in [5.41, 5.74) is 4.83. The molecule has 2 aromatic heterocycles. The van der Waals surface area contributed by atoms with Gasteiger partial charge < -0.3 is 24.4 Å². The maximum absolute atomic E-state index is 5.74. The van der Waals surface area contributed by atoms with E-state index in [0.29, 0.717) is 6.61 Å². The number of hydrogen-bond donors (Lipinski definition) is 1. The number of thiocarbonyl (C=S) groups is 1. The summed E-state index contributed by atoms with van der Waals surface area (Å²) in [7, 11) is 5.93. The molecule has 3 heterocycles. The Morgan fingerprint density at radius 2 is 2.04 bits per heavy atom. The molecule has 1 saturated heterocycles. The molecular weight excluding hydrogens is 370 g/mol. The van der Waals surface area contributed by atoms with Crippen LogP contribution < -0.4 is 5.32 Å². The minimum Gasteiger partial charge on any atom is -0.383 e. The molecule has 0 saturated carbocycles. The molecule has 2 atom stereocenters. The second-order valence-corrected chi connectivity index (χ2v) is 7.98. The first-order valence-electron chi connectivity index (χ1n) is 9.72. The minimum absolute atomic E-state index is 0.0345. The normalized spacial score (nSPS) is 19.5. The number of nitrogens with one attached hydrogen (secondary N) is 1. The molecule has 1 N–H and O–H groups in total. The van der Waals surface area contributed by atoms with Gasteiger partial charge in [0.1, 0.15) is 0 Å². The van der Waals surface area contributed by atoms with Gasteiger partial charge in [0.25, 0.3) is 0 Å². The first kappa shape index (κ1) is 20.8. The smallest absolute Gasteiger partial charge is 0.170 e. The van der Waals surface area contributed by atoms with Crippen LogP contribution in [-0.4, -0.2) is 65.4 Å². The highest BCUT2D eigenvalue weighted by atomic mass is 32.1. The molecule has 0 aliphatic carbocycles. The van der Waals surface area contributed by atoms with Crippen LogP contribution in [-0.2, 0) is 11.3 Å². The van der Waals surface area contributed by atoms with Crippen LogP contribution in [0.2, 0.25) is 0 Å². The fourth-order valence-corrected chi connectivity index (χ4v) is 4.28. The molecule has 28 heavy (non-hydrogen) atoms.